The summed E-state index contributed by atoms with van der Waals surface area (Å²) < 4.78 is 0. The number of hydrogen-bond acceptors (Lipinski definition) is 3. The maximum absolute atomic E-state index is 11.7. The Morgan fingerprint density at radius 1 is 1.09 bits per heavy atom. The van der Waals surface area contributed by atoms with Crippen LogP contribution in [-0.2, 0) is 4.79 Å². The number of para-hydroxylation sites is 1. The van der Waals surface area contributed by atoms with E-state index in [0.29, 0.717) is 5.92 Å². The standard InChI is InChI=1S/C18H21N3O/c1-14(2)16-10-8-15(9-11-16)12-20-21-18(22)13-19-17-6-4-3-5-7-17/h3-12,14,19H,13H2,1-2H3,(H,21,22)/b20-12+. The Bertz CT molecular complexity index is 619. The molecule has 0 aliphatic rings. The molecule has 2 N–H and O–H groups in total. The van der Waals surface area contributed by atoms with Gasteiger partial charge in [-0.2, -0.15) is 5.10 Å². The zero-order chi connectivity index (χ0) is 15.8. The molecular weight excluding hydrogens is 274 g/mol. The molecule has 0 aromatic heterocycles. The quantitative estimate of drug-likeness (QED) is 0.634. The van der Waals surface area contributed by atoms with Crippen molar-refractivity contribution in [2.45, 2.75) is 19.8 Å². The van der Waals surface area contributed by atoms with Crippen LogP contribution in [0.2, 0.25) is 0 Å². The first-order valence-electron chi connectivity index (χ1n) is 7.36. The summed E-state index contributed by atoms with van der Waals surface area (Å²) in [5.41, 5.74) is 5.66. The summed E-state index contributed by atoms with van der Waals surface area (Å²) >= 11 is 0. The molecular formula is C18H21N3O. The second kappa shape index (κ2) is 7.98. The number of hydrogen-bond donors (Lipinski definition) is 2. The number of amides is 1. The summed E-state index contributed by atoms with van der Waals surface area (Å²) in [6.07, 6.45) is 1.64. The van der Waals surface area contributed by atoms with E-state index in [9.17, 15) is 4.79 Å². The lowest BCUT2D eigenvalue weighted by molar-refractivity contribution is -0.119. The minimum absolute atomic E-state index is 0.182. The zero-order valence-corrected chi connectivity index (χ0v) is 12.9. The fourth-order valence-corrected chi connectivity index (χ4v) is 1.92. The fourth-order valence-electron chi connectivity index (χ4n) is 1.92. The van der Waals surface area contributed by atoms with Gasteiger partial charge in [-0.3, -0.25) is 4.79 Å². The molecule has 2 aromatic rings. The molecule has 22 heavy (non-hydrogen) atoms. The van der Waals surface area contributed by atoms with E-state index in [1.54, 1.807) is 6.21 Å². The van der Waals surface area contributed by atoms with Crippen LogP contribution in [0.25, 0.3) is 0 Å². The van der Waals surface area contributed by atoms with Crippen LogP contribution in [0.3, 0.4) is 0 Å². The second-order valence-electron chi connectivity index (χ2n) is 5.33. The lowest BCUT2D eigenvalue weighted by Gasteiger charge is -2.05. The van der Waals surface area contributed by atoms with Crippen LogP contribution < -0.4 is 10.7 Å². The summed E-state index contributed by atoms with van der Waals surface area (Å²) in [4.78, 5) is 11.7. The Morgan fingerprint density at radius 2 is 1.77 bits per heavy atom. The van der Waals surface area contributed by atoms with E-state index in [1.807, 2.05) is 42.5 Å². The number of hydrazone groups is 1. The number of carbonyl (C=O) groups is 1. The van der Waals surface area contributed by atoms with Crippen LogP contribution in [0.15, 0.2) is 59.7 Å². The summed E-state index contributed by atoms with van der Waals surface area (Å²) in [6.45, 7) is 4.50. The minimum Gasteiger partial charge on any atom is -0.376 e. The van der Waals surface area contributed by atoms with Gasteiger partial charge in [-0.15, -0.1) is 0 Å². The van der Waals surface area contributed by atoms with Crippen molar-refractivity contribution in [3.05, 3.63) is 65.7 Å². The molecule has 1 amide bonds. The van der Waals surface area contributed by atoms with Crippen molar-refractivity contribution in [1.29, 1.82) is 0 Å². The maximum atomic E-state index is 11.7. The molecule has 0 spiro atoms. The molecule has 0 saturated carbocycles. The van der Waals surface area contributed by atoms with E-state index in [1.165, 1.54) is 5.56 Å². The lowest BCUT2D eigenvalue weighted by atomic mass is 10.0. The van der Waals surface area contributed by atoms with E-state index >= 15 is 0 Å². The van der Waals surface area contributed by atoms with Crippen molar-refractivity contribution in [3.63, 3.8) is 0 Å². The van der Waals surface area contributed by atoms with Crippen molar-refractivity contribution < 1.29 is 4.79 Å². The summed E-state index contributed by atoms with van der Waals surface area (Å²) in [5, 5.41) is 6.99. The van der Waals surface area contributed by atoms with Gasteiger partial charge in [0.05, 0.1) is 12.8 Å². The number of benzene rings is 2. The molecule has 0 saturated heterocycles. The third-order valence-corrected chi connectivity index (χ3v) is 3.23. The molecule has 0 radical (unpaired) electrons. The highest BCUT2D eigenvalue weighted by atomic mass is 16.2. The molecule has 0 fully saturated rings. The molecule has 0 aliphatic heterocycles. The Labute approximate surface area is 131 Å². The van der Waals surface area contributed by atoms with Crippen molar-refractivity contribution in [3.8, 4) is 0 Å². The largest absolute Gasteiger partial charge is 0.376 e. The van der Waals surface area contributed by atoms with Crippen LogP contribution in [0.5, 0.6) is 0 Å². The van der Waals surface area contributed by atoms with E-state index in [2.05, 4.69) is 41.8 Å². The van der Waals surface area contributed by atoms with Crippen molar-refractivity contribution >= 4 is 17.8 Å². The highest BCUT2D eigenvalue weighted by Gasteiger charge is 1.99. The van der Waals surface area contributed by atoms with E-state index in [4.69, 9.17) is 0 Å². The number of anilines is 1. The van der Waals surface area contributed by atoms with Gasteiger partial charge in [0.2, 0.25) is 0 Å². The van der Waals surface area contributed by atoms with Crippen LogP contribution >= 0.6 is 0 Å². The lowest BCUT2D eigenvalue weighted by Crippen LogP contribution is -2.25. The Kier molecular flexibility index (Phi) is 5.72. The topological polar surface area (TPSA) is 53.5 Å². The number of rotatable bonds is 6. The predicted octanol–water partition coefficient (Wildman–Crippen LogP) is 3.37. The first-order valence-corrected chi connectivity index (χ1v) is 7.36. The average molecular weight is 295 g/mol. The normalized spacial score (nSPS) is 10.9. The summed E-state index contributed by atoms with van der Waals surface area (Å²) in [5.74, 6) is 0.327. The molecule has 4 nitrogen and oxygen atoms in total. The SMILES string of the molecule is CC(C)c1ccc(/C=N/NC(=O)CNc2ccccc2)cc1. The molecule has 0 aliphatic carbocycles. The van der Waals surface area contributed by atoms with Gasteiger partial charge < -0.3 is 5.32 Å². The molecule has 114 valence electrons. The Hall–Kier alpha value is -2.62. The van der Waals surface area contributed by atoms with Crippen LogP contribution in [-0.4, -0.2) is 18.7 Å². The highest BCUT2D eigenvalue weighted by molar-refractivity contribution is 5.84. The Morgan fingerprint density at radius 3 is 2.41 bits per heavy atom. The third kappa shape index (κ3) is 5.05. The van der Waals surface area contributed by atoms with Crippen molar-refractivity contribution in [1.82, 2.24) is 5.43 Å². The molecule has 0 atom stereocenters. The number of carbonyl (C=O) groups excluding carboxylic acids is 1. The van der Waals surface area contributed by atoms with Gasteiger partial charge in [-0.25, -0.2) is 5.43 Å². The van der Waals surface area contributed by atoms with Gasteiger partial charge >= 0.3 is 0 Å². The third-order valence-electron chi connectivity index (χ3n) is 3.23. The van der Waals surface area contributed by atoms with Gasteiger partial charge in [0.15, 0.2) is 0 Å². The smallest absolute Gasteiger partial charge is 0.259 e. The van der Waals surface area contributed by atoms with Gasteiger partial charge in [0, 0.05) is 5.69 Å². The molecule has 0 heterocycles. The van der Waals surface area contributed by atoms with Gasteiger partial charge in [0.1, 0.15) is 0 Å². The predicted molar refractivity (Wildman–Crippen MR) is 91.2 cm³/mol. The van der Waals surface area contributed by atoms with Gasteiger partial charge in [-0.1, -0.05) is 56.3 Å². The summed E-state index contributed by atoms with van der Waals surface area (Å²) in [6, 6.07) is 17.7. The Balaban J connectivity index is 1.78. The van der Waals surface area contributed by atoms with E-state index in [0.717, 1.165) is 11.3 Å². The average Bonchev–Trinajstić information content (AvgIpc) is 2.54. The van der Waals surface area contributed by atoms with Crippen LogP contribution in [0, 0.1) is 0 Å². The van der Waals surface area contributed by atoms with Crippen molar-refractivity contribution in [2.24, 2.45) is 5.10 Å². The maximum Gasteiger partial charge on any atom is 0.259 e. The van der Waals surface area contributed by atoms with Crippen LogP contribution in [0.4, 0.5) is 5.69 Å². The molecule has 2 rings (SSSR count). The second-order valence-corrected chi connectivity index (χ2v) is 5.33. The van der Waals surface area contributed by atoms with E-state index in [-0.39, 0.29) is 12.5 Å². The minimum atomic E-state index is -0.182. The molecule has 2 aromatic carbocycles. The van der Waals surface area contributed by atoms with E-state index < -0.39 is 0 Å². The highest BCUT2D eigenvalue weighted by Crippen LogP contribution is 2.13. The number of nitrogens with one attached hydrogen (secondary N) is 2. The van der Waals surface area contributed by atoms with Crippen LogP contribution in [0.1, 0.15) is 30.9 Å². The zero-order valence-electron chi connectivity index (χ0n) is 12.9. The molecule has 4 heteroatoms. The van der Waals surface area contributed by atoms with Gasteiger partial charge in [-0.05, 0) is 29.2 Å². The fraction of sp³-hybridized carbons (Fsp3) is 0.222. The first-order chi connectivity index (χ1) is 10.6. The molecule has 0 unspecified atom stereocenters. The first kappa shape index (κ1) is 15.8. The van der Waals surface area contributed by atoms with Crippen molar-refractivity contribution in [2.75, 3.05) is 11.9 Å². The monoisotopic (exact) mass is 295 g/mol. The molecule has 0 bridgehead atoms. The summed E-state index contributed by atoms with van der Waals surface area (Å²) in [7, 11) is 0. The number of nitrogens with zero attached hydrogens (tertiary/aromatic N) is 1. The van der Waals surface area contributed by atoms with Gasteiger partial charge in [0.25, 0.3) is 5.91 Å².